The average Bonchev–Trinajstić information content (AvgIpc) is 2.74. The summed E-state index contributed by atoms with van der Waals surface area (Å²) in [5.74, 6) is 1.96. The second kappa shape index (κ2) is 9.13. The van der Waals surface area contributed by atoms with Crippen LogP contribution in [0.25, 0.3) is 11.1 Å². The maximum atomic E-state index is 5.67. The van der Waals surface area contributed by atoms with Gasteiger partial charge in [-0.05, 0) is 30.4 Å². The van der Waals surface area contributed by atoms with E-state index in [1.807, 2.05) is 36.4 Å². The number of methoxy groups -OCH3 is 3. The van der Waals surface area contributed by atoms with E-state index < -0.39 is 0 Å². The molecule has 27 heavy (non-hydrogen) atoms. The molecule has 0 atom stereocenters. The third-order valence-corrected chi connectivity index (χ3v) is 4.60. The Morgan fingerprint density at radius 3 is 1.85 bits per heavy atom. The Morgan fingerprint density at radius 2 is 1.26 bits per heavy atom. The van der Waals surface area contributed by atoms with Gasteiger partial charge in [-0.3, -0.25) is 0 Å². The average molecular weight is 361 g/mol. The molecule has 0 fully saturated rings. The molecule has 0 aliphatic rings. The molecular weight excluding hydrogens is 336 g/mol. The number of hydrogen-bond donors (Lipinski definition) is 0. The smallest absolute Gasteiger partial charge is 0.204 e. The fourth-order valence-electron chi connectivity index (χ4n) is 3.31. The van der Waals surface area contributed by atoms with E-state index in [1.165, 1.54) is 5.56 Å². The van der Waals surface area contributed by atoms with Gasteiger partial charge in [-0.2, -0.15) is 0 Å². The molecule has 0 heterocycles. The van der Waals surface area contributed by atoms with Crippen molar-refractivity contribution in [3.8, 4) is 28.4 Å². The van der Waals surface area contributed by atoms with Gasteiger partial charge in [0.2, 0.25) is 5.75 Å². The van der Waals surface area contributed by atoms with Crippen LogP contribution in [-0.4, -0.2) is 21.3 Å². The van der Waals surface area contributed by atoms with E-state index in [2.05, 4.69) is 30.3 Å². The number of ether oxygens (including phenoxy) is 3. The zero-order valence-corrected chi connectivity index (χ0v) is 16.1. The van der Waals surface area contributed by atoms with Crippen LogP contribution in [-0.2, 0) is 12.8 Å². The van der Waals surface area contributed by atoms with Crippen LogP contribution in [0.2, 0.25) is 0 Å². The lowest BCUT2D eigenvalue weighted by Gasteiger charge is -2.19. The van der Waals surface area contributed by atoms with Crippen LogP contribution in [0, 0.1) is 6.07 Å². The molecule has 0 saturated carbocycles. The van der Waals surface area contributed by atoms with Gasteiger partial charge in [0, 0.05) is 17.2 Å². The van der Waals surface area contributed by atoms with Gasteiger partial charge in [-0.1, -0.05) is 60.7 Å². The summed E-state index contributed by atoms with van der Waals surface area (Å²) in [6, 6.07) is 24.2. The monoisotopic (exact) mass is 361 g/mol. The molecule has 0 saturated heterocycles. The van der Waals surface area contributed by atoms with Crippen molar-refractivity contribution in [3.05, 3.63) is 77.9 Å². The normalized spacial score (nSPS) is 10.5. The number of benzene rings is 3. The van der Waals surface area contributed by atoms with E-state index in [-0.39, 0.29) is 0 Å². The minimum Gasteiger partial charge on any atom is -0.492 e. The highest BCUT2D eigenvalue weighted by atomic mass is 16.5. The highest BCUT2D eigenvalue weighted by Crippen LogP contribution is 2.46. The maximum absolute atomic E-state index is 5.67. The summed E-state index contributed by atoms with van der Waals surface area (Å²) < 4.78 is 17.0. The quantitative estimate of drug-likeness (QED) is 0.541. The summed E-state index contributed by atoms with van der Waals surface area (Å²) in [6.07, 6.45) is 2.85. The molecule has 0 bridgehead atoms. The van der Waals surface area contributed by atoms with E-state index in [0.717, 1.165) is 36.0 Å². The Hall–Kier alpha value is -2.94. The van der Waals surface area contributed by atoms with Crippen LogP contribution in [0.1, 0.15) is 17.5 Å². The molecule has 0 spiro atoms. The molecule has 0 aliphatic carbocycles. The lowest BCUT2D eigenvalue weighted by Crippen LogP contribution is -2.02. The molecule has 3 nitrogen and oxygen atoms in total. The van der Waals surface area contributed by atoms with E-state index in [0.29, 0.717) is 17.2 Å². The van der Waals surface area contributed by atoms with Crippen LogP contribution in [0.5, 0.6) is 17.2 Å². The van der Waals surface area contributed by atoms with Crippen molar-refractivity contribution in [2.75, 3.05) is 21.3 Å². The fraction of sp³-hybridized carbons (Fsp3) is 0.250. The second-order valence-corrected chi connectivity index (χ2v) is 6.28. The van der Waals surface area contributed by atoms with Gasteiger partial charge in [0.1, 0.15) is 0 Å². The minimum absolute atomic E-state index is 0.618. The Balaban J connectivity index is 1.96. The molecule has 0 aliphatic heterocycles. The molecule has 3 heteroatoms. The van der Waals surface area contributed by atoms with Gasteiger partial charge < -0.3 is 14.2 Å². The number of rotatable bonds is 8. The summed E-state index contributed by atoms with van der Waals surface area (Å²) in [5, 5.41) is 0. The molecule has 3 aromatic rings. The molecule has 0 N–H and O–H groups in total. The fourth-order valence-corrected chi connectivity index (χ4v) is 3.31. The van der Waals surface area contributed by atoms with E-state index in [1.54, 1.807) is 21.3 Å². The van der Waals surface area contributed by atoms with Crippen molar-refractivity contribution >= 4 is 0 Å². The van der Waals surface area contributed by atoms with Crippen LogP contribution in [0.15, 0.2) is 60.7 Å². The van der Waals surface area contributed by atoms with Crippen LogP contribution < -0.4 is 14.2 Å². The van der Waals surface area contributed by atoms with Gasteiger partial charge in [-0.15, -0.1) is 0 Å². The number of hydrogen-bond acceptors (Lipinski definition) is 3. The highest BCUT2D eigenvalue weighted by molar-refractivity contribution is 5.77. The Kier molecular flexibility index (Phi) is 6.37. The molecule has 0 unspecified atom stereocenters. The van der Waals surface area contributed by atoms with Crippen molar-refractivity contribution in [1.29, 1.82) is 0 Å². The second-order valence-electron chi connectivity index (χ2n) is 6.28. The Morgan fingerprint density at radius 1 is 0.667 bits per heavy atom. The zero-order valence-electron chi connectivity index (χ0n) is 16.1. The molecule has 0 amide bonds. The van der Waals surface area contributed by atoms with Gasteiger partial charge in [-0.25, -0.2) is 0 Å². The van der Waals surface area contributed by atoms with E-state index in [4.69, 9.17) is 14.2 Å². The van der Waals surface area contributed by atoms with Crippen molar-refractivity contribution in [1.82, 2.24) is 0 Å². The third-order valence-electron chi connectivity index (χ3n) is 4.60. The van der Waals surface area contributed by atoms with Crippen molar-refractivity contribution in [2.24, 2.45) is 0 Å². The third kappa shape index (κ3) is 4.25. The van der Waals surface area contributed by atoms with Gasteiger partial charge in [0.25, 0.3) is 0 Å². The lowest BCUT2D eigenvalue weighted by molar-refractivity contribution is 0.322. The summed E-state index contributed by atoms with van der Waals surface area (Å²) in [4.78, 5) is 0. The molecular formula is C24H25O3. The summed E-state index contributed by atoms with van der Waals surface area (Å²) in [7, 11) is 4.95. The first-order valence-corrected chi connectivity index (χ1v) is 9.12. The Labute approximate surface area is 161 Å². The molecule has 3 rings (SSSR count). The Bertz CT molecular complexity index is 858. The predicted octanol–water partition coefficient (Wildman–Crippen LogP) is 5.35. The highest BCUT2D eigenvalue weighted by Gasteiger charge is 2.21. The molecule has 3 aromatic carbocycles. The van der Waals surface area contributed by atoms with Gasteiger partial charge >= 0.3 is 0 Å². The van der Waals surface area contributed by atoms with E-state index >= 15 is 0 Å². The largest absolute Gasteiger partial charge is 0.492 e. The minimum atomic E-state index is 0.618. The van der Waals surface area contributed by atoms with Crippen LogP contribution in [0.3, 0.4) is 0 Å². The molecule has 139 valence electrons. The summed E-state index contributed by atoms with van der Waals surface area (Å²) >= 11 is 0. The summed E-state index contributed by atoms with van der Waals surface area (Å²) in [5.41, 5.74) is 4.27. The topological polar surface area (TPSA) is 27.7 Å². The SMILES string of the molecule is COc1c(CCCc2ccccc2)[c]c(-c2ccccc2)c(OC)c1OC. The molecule has 0 aromatic heterocycles. The number of aryl methyl sites for hydroxylation is 2. The van der Waals surface area contributed by atoms with Crippen molar-refractivity contribution in [2.45, 2.75) is 19.3 Å². The maximum Gasteiger partial charge on any atom is 0.204 e. The first kappa shape index (κ1) is 18.8. The van der Waals surface area contributed by atoms with Crippen LogP contribution in [0.4, 0.5) is 0 Å². The predicted molar refractivity (Wildman–Crippen MR) is 109 cm³/mol. The van der Waals surface area contributed by atoms with Crippen molar-refractivity contribution < 1.29 is 14.2 Å². The van der Waals surface area contributed by atoms with Crippen LogP contribution >= 0.6 is 0 Å². The van der Waals surface area contributed by atoms with Crippen molar-refractivity contribution in [3.63, 3.8) is 0 Å². The molecule has 1 radical (unpaired) electrons. The van der Waals surface area contributed by atoms with Gasteiger partial charge in [0.15, 0.2) is 11.5 Å². The standard InChI is InChI=1S/C24H25O3/c1-25-22-20(16-10-13-18-11-6-4-7-12-18)17-21(19-14-8-5-9-15-19)23(26-2)24(22)27-3/h4-9,11-12,14-15H,10,13,16H2,1-3H3. The zero-order chi connectivity index (χ0) is 19.1. The first-order valence-electron chi connectivity index (χ1n) is 9.12. The first-order chi connectivity index (χ1) is 13.3. The lowest BCUT2D eigenvalue weighted by atomic mass is 9.96. The van der Waals surface area contributed by atoms with E-state index in [9.17, 15) is 0 Å². The van der Waals surface area contributed by atoms with Gasteiger partial charge in [0.05, 0.1) is 21.3 Å². The summed E-state index contributed by atoms with van der Waals surface area (Å²) in [6.45, 7) is 0.